The molecule has 2 heterocycles. The first-order valence-corrected chi connectivity index (χ1v) is 5.60. The standard InChI is InChI=1S/C12H18N4/c1-4-12(2,8-13)11-15-10-9(16(11)3)6-5-7-14-10/h5-7H,4,8,13H2,1-3H3. The molecule has 4 heteroatoms. The van der Waals surface area contributed by atoms with E-state index in [0.717, 1.165) is 23.4 Å². The third-order valence-corrected chi connectivity index (χ3v) is 3.43. The van der Waals surface area contributed by atoms with E-state index in [4.69, 9.17) is 5.73 Å². The third-order valence-electron chi connectivity index (χ3n) is 3.43. The molecule has 0 saturated heterocycles. The average molecular weight is 218 g/mol. The fourth-order valence-electron chi connectivity index (χ4n) is 1.96. The maximum Gasteiger partial charge on any atom is 0.177 e. The van der Waals surface area contributed by atoms with E-state index < -0.39 is 0 Å². The fraction of sp³-hybridized carbons (Fsp3) is 0.500. The Labute approximate surface area is 95.5 Å². The molecule has 0 aliphatic heterocycles. The highest BCUT2D eigenvalue weighted by molar-refractivity contribution is 5.71. The van der Waals surface area contributed by atoms with Crippen LogP contribution in [0.4, 0.5) is 0 Å². The highest BCUT2D eigenvalue weighted by Crippen LogP contribution is 2.27. The minimum Gasteiger partial charge on any atom is -0.329 e. The van der Waals surface area contributed by atoms with Gasteiger partial charge in [0.05, 0.1) is 5.52 Å². The van der Waals surface area contributed by atoms with Crippen LogP contribution in [0.1, 0.15) is 26.1 Å². The van der Waals surface area contributed by atoms with E-state index in [0.29, 0.717) is 6.54 Å². The Morgan fingerprint density at radius 2 is 2.25 bits per heavy atom. The van der Waals surface area contributed by atoms with Crippen molar-refractivity contribution in [2.24, 2.45) is 12.8 Å². The highest BCUT2D eigenvalue weighted by atomic mass is 15.1. The minimum atomic E-state index is -0.0740. The van der Waals surface area contributed by atoms with Gasteiger partial charge in [-0.2, -0.15) is 0 Å². The minimum absolute atomic E-state index is 0.0740. The Morgan fingerprint density at radius 3 is 2.81 bits per heavy atom. The fourth-order valence-corrected chi connectivity index (χ4v) is 1.96. The van der Waals surface area contributed by atoms with Gasteiger partial charge < -0.3 is 10.3 Å². The summed E-state index contributed by atoms with van der Waals surface area (Å²) in [4.78, 5) is 8.87. The van der Waals surface area contributed by atoms with Gasteiger partial charge in [-0.15, -0.1) is 0 Å². The smallest absolute Gasteiger partial charge is 0.177 e. The van der Waals surface area contributed by atoms with Crippen molar-refractivity contribution >= 4 is 11.2 Å². The SMILES string of the molecule is CCC(C)(CN)c1nc2ncccc2n1C. The Kier molecular flexibility index (Phi) is 2.68. The van der Waals surface area contributed by atoms with Crippen LogP contribution in [0.5, 0.6) is 0 Å². The van der Waals surface area contributed by atoms with E-state index in [1.165, 1.54) is 0 Å². The topological polar surface area (TPSA) is 56.7 Å². The van der Waals surface area contributed by atoms with Gasteiger partial charge in [0.25, 0.3) is 0 Å². The van der Waals surface area contributed by atoms with Crippen molar-refractivity contribution in [3.05, 3.63) is 24.2 Å². The van der Waals surface area contributed by atoms with E-state index in [-0.39, 0.29) is 5.41 Å². The van der Waals surface area contributed by atoms with Crippen LogP contribution in [0.3, 0.4) is 0 Å². The van der Waals surface area contributed by atoms with Crippen LogP contribution >= 0.6 is 0 Å². The van der Waals surface area contributed by atoms with E-state index in [9.17, 15) is 0 Å². The first-order valence-electron chi connectivity index (χ1n) is 5.60. The summed E-state index contributed by atoms with van der Waals surface area (Å²) in [6.07, 6.45) is 2.74. The lowest BCUT2D eigenvalue weighted by Gasteiger charge is -2.25. The lowest BCUT2D eigenvalue weighted by atomic mass is 9.87. The number of hydrogen-bond donors (Lipinski definition) is 1. The van der Waals surface area contributed by atoms with Crippen molar-refractivity contribution in [2.45, 2.75) is 25.7 Å². The highest BCUT2D eigenvalue weighted by Gasteiger charge is 2.28. The molecular weight excluding hydrogens is 200 g/mol. The zero-order valence-corrected chi connectivity index (χ0v) is 10.1. The molecule has 0 amide bonds. The molecule has 1 atom stereocenters. The second kappa shape index (κ2) is 3.87. The summed E-state index contributed by atoms with van der Waals surface area (Å²) in [7, 11) is 2.02. The molecule has 2 rings (SSSR count). The van der Waals surface area contributed by atoms with E-state index >= 15 is 0 Å². The van der Waals surface area contributed by atoms with Gasteiger partial charge in [-0.05, 0) is 18.6 Å². The molecule has 16 heavy (non-hydrogen) atoms. The molecule has 86 valence electrons. The zero-order chi connectivity index (χ0) is 11.8. The van der Waals surface area contributed by atoms with Gasteiger partial charge >= 0.3 is 0 Å². The van der Waals surface area contributed by atoms with Crippen molar-refractivity contribution in [1.29, 1.82) is 0 Å². The number of aryl methyl sites for hydroxylation is 1. The average Bonchev–Trinajstić information content (AvgIpc) is 2.67. The third kappa shape index (κ3) is 1.50. The maximum atomic E-state index is 5.87. The van der Waals surface area contributed by atoms with Gasteiger partial charge in [0.1, 0.15) is 5.82 Å². The summed E-state index contributed by atoms with van der Waals surface area (Å²) in [6.45, 7) is 4.88. The second-order valence-electron chi connectivity index (χ2n) is 4.46. The number of rotatable bonds is 3. The lowest BCUT2D eigenvalue weighted by molar-refractivity contribution is 0.427. The van der Waals surface area contributed by atoms with Crippen LogP contribution < -0.4 is 5.73 Å². The summed E-state index contributed by atoms with van der Waals surface area (Å²) in [5, 5.41) is 0. The molecule has 0 aliphatic rings. The molecule has 0 saturated carbocycles. The summed E-state index contributed by atoms with van der Waals surface area (Å²) in [6, 6.07) is 3.96. The molecule has 0 aliphatic carbocycles. The van der Waals surface area contributed by atoms with E-state index in [1.54, 1.807) is 6.20 Å². The van der Waals surface area contributed by atoms with Crippen LogP contribution in [-0.2, 0) is 12.5 Å². The van der Waals surface area contributed by atoms with Crippen molar-refractivity contribution in [2.75, 3.05) is 6.54 Å². The van der Waals surface area contributed by atoms with Crippen molar-refractivity contribution < 1.29 is 0 Å². The van der Waals surface area contributed by atoms with Crippen molar-refractivity contribution in [3.63, 3.8) is 0 Å². The second-order valence-corrected chi connectivity index (χ2v) is 4.46. The molecule has 1 unspecified atom stereocenters. The molecule has 0 radical (unpaired) electrons. The Bertz CT molecular complexity index is 497. The van der Waals surface area contributed by atoms with Gasteiger partial charge in [0.2, 0.25) is 0 Å². The number of aromatic nitrogens is 3. The quantitative estimate of drug-likeness (QED) is 0.851. The summed E-state index contributed by atoms with van der Waals surface area (Å²) in [5.41, 5.74) is 7.65. The molecule has 0 spiro atoms. The largest absolute Gasteiger partial charge is 0.329 e. The number of fused-ring (bicyclic) bond motifs is 1. The molecule has 4 nitrogen and oxygen atoms in total. The number of pyridine rings is 1. The number of nitrogens with two attached hydrogens (primary N) is 1. The van der Waals surface area contributed by atoms with Gasteiger partial charge in [0.15, 0.2) is 5.65 Å². The first kappa shape index (κ1) is 11.1. The predicted molar refractivity (Wildman–Crippen MR) is 65.2 cm³/mol. The van der Waals surface area contributed by atoms with Crippen LogP contribution in [-0.4, -0.2) is 21.1 Å². The monoisotopic (exact) mass is 218 g/mol. The predicted octanol–water partition coefficient (Wildman–Crippen LogP) is 1.59. The molecule has 0 fully saturated rings. The molecule has 2 aromatic heterocycles. The van der Waals surface area contributed by atoms with Gasteiger partial charge in [0, 0.05) is 25.2 Å². The van der Waals surface area contributed by atoms with E-state index in [1.807, 2.05) is 19.2 Å². The van der Waals surface area contributed by atoms with E-state index in [2.05, 4.69) is 28.4 Å². The Balaban J connectivity index is 2.65. The van der Waals surface area contributed by atoms with Crippen molar-refractivity contribution in [3.8, 4) is 0 Å². The number of imidazole rings is 1. The van der Waals surface area contributed by atoms with Crippen LogP contribution in [0.15, 0.2) is 18.3 Å². The van der Waals surface area contributed by atoms with Gasteiger partial charge in [-0.1, -0.05) is 13.8 Å². The van der Waals surface area contributed by atoms with Gasteiger partial charge in [-0.25, -0.2) is 9.97 Å². The normalized spacial score (nSPS) is 15.2. The first-order chi connectivity index (χ1) is 7.62. The number of nitrogens with zero attached hydrogens (tertiary/aromatic N) is 3. The summed E-state index contributed by atoms with van der Waals surface area (Å²) >= 11 is 0. The van der Waals surface area contributed by atoms with Gasteiger partial charge in [-0.3, -0.25) is 0 Å². The summed E-state index contributed by atoms with van der Waals surface area (Å²) < 4.78 is 2.10. The van der Waals surface area contributed by atoms with Crippen molar-refractivity contribution in [1.82, 2.24) is 14.5 Å². The lowest BCUT2D eigenvalue weighted by Crippen LogP contribution is -2.33. The van der Waals surface area contributed by atoms with Crippen LogP contribution in [0.25, 0.3) is 11.2 Å². The number of hydrogen-bond acceptors (Lipinski definition) is 3. The zero-order valence-electron chi connectivity index (χ0n) is 10.1. The molecule has 0 bridgehead atoms. The van der Waals surface area contributed by atoms with Crippen LogP contribution in [0.2, 0.25) is 0 Å². The molecule has 0 aromatic carbocycles. The molecular formula is C12H18N4. The molecule has 2 N–H and O–H groups in total. The Morgan fingerprint density at radius 1 is 1.50 bits per heavy atom. The van der Waals surface area contributed by atoms with Crippen LogP contribution in [0, 0.1) is 0 Å². The Hall–Kier alpha value is -1.42. The maximum absolute atomic E-state index is 5.87. The summed E-state index contributed by atoms with van der Waals surface area (Å²) in [5.74, 6) is 1.02. The molecule has 2 aromatic rings.